The van der Waals surface area contributed by atoms with E-state index in [4.69, 9.17) is 0 Å². The average Bonchev–Trinajstić information content (AvgIpc) is 2.36. The highest BCUT2D eigenvalue weighted by molar-refractivity contribution is 5.72. The number of carbonyl (C=O) groups excluding carboxylic acids is 1. The number of benzene rings is 1. The zero-order valence-corrected chi connectivity index (χ0v) is 13.6. The Kier molecular flexibility index (Phi) is 5.50. The maximum atomic E-state index is 11.0. The van der Waals surface area contributed by atoms with Gasteiger partial charge >= 0.3 is 0 Å². The Labute approximate surface area is 123 Å². The highest BCUT2D eigenvalue weighted by Gasteiger charge is 2.25. The number of hydrogen-bond donors (Lipinski definition) is 0. The molecule has 0 amide bonds. The molecule has 0 aliphatic rings. The van der Waals surface area contributed by atoms with E-state index in [0.717, 1.165) is 18.3 Å². The van der Waals surface area contributed by atoms with Crippen molar-refractivity contribution in [3.63, 3.8) is 0 Å². The molecule has 0 saturated heterocycles. The van der Waals surface area contributed by atoms with Crippen molar-refractivity contribution in [3.8, 4) is 0 Å². The molecule has 0 aliphatic carbocycles. The molecule has 1 heteroatoms. The zero-order valence-electron chi connectivity index (χ0n) is 13.6. The summed E-state index contributed by atoms with van der Waals surface area (Å²) in [6.07, 6.45) is 6.18. The van der Waals surface area contributed by atoms with Gasteiger partial charge in [-0.2, -0.15) is 0 Å². The van der Waals surface area contributed by atoms with Crippen molar-refractivity contribution < 1.29 is 4.79 Å². The molecule has 0 aliphatic heterocycles. The minimum absolute atomic E-state index is 0.139. The first kappa shape index (κ1) is 16.4. The molecule has 0 radical (unpaired) electrons. The average molecular weight is 270 g/mol. The Morgan fingerprint density at radius 2 is 1.85 bits per heavy atom. The fourth-order valence-electron chi connectivity index (χ4n) is 2.65. The second-order valence-corrected chi connectivity index (χ2v) is 6.23. The first-order valence-corrected chi connectivity index (χ1v) is 7.14. The van der Waals surface area contributed by atoms with Crippen LogP contribution in [0.5, 0.6) is 0 Å². The van der Waals surface area contributed by atoms with Crippen LogP contribution in [0.25, 0.3) is 0 Å². The van der Waals surface area contributed by atoms with Crippen LogP contribution in [0.2, 0.25) is 0 Å². The van der Waals surface area contributed by atoms with Gasteiger partial charge in [0.25, 0.3) is 0 Å². The number of carbonyl (C=O) groups is 1. The van der Waals surface area contributed by atoms with Crippen LogP contribution in [0.4, 0.5) is 0 Å². The van der Waals surface area contributed by atoms with E-state index in [9.17, 15) is 4.79 Å². The van der Waals surface area contributed by atoms with Gasteiger partial charge < -0.3 is 0 Å². The Bertz CT molecular complexity index is 545. The molecule has 0 fully saturated rings. The summed E-state index contributed by atoms with van der Waals surface area (Å²) in [6.45, 7) is 12.6. The van der Waals surface area contributed by atoms with E-state index in [1.54, 1.807) is 0 Å². The summed E-state index contributed by atoms with van der Waals surface area (Å²) in [6, 6.07) is 6.55. The normalized spacial score (nSPS) is 14.6. The van der Waals surface area contributed by atoms with Crippen molar-refractivity contribution in [2.45, 2.75) is 53.4 Å². The predicted octanol–water partition coefficient (Wildman–Crippen LogP) is 5.06. The molecule has 0 bridgehead atoms. The van der Waals surface area contributed by atoms with Crippen LogP contribution in [0, 0.1) is 13.8 Å². The van der Waals surface area contributed by atoms with E-state index < -0.39 is 0 Å². The Morgan fingerprint density at radius 3 is 2.35 bits per heavy atom. The molecular weight excluding hydrogens is 244 g/mol. The van der Waals surface area contributed by atoms with Gasteiger partial charge in [0, 0.05) is 5.41 Å². The third-order valence-electron chi connectivity index (χ3n) is 3.66. The van der Waals surface area contributed by atoms with Crippen molar-refractivity contribution in [2.75, 3.05) is 0 Å². The SMILES string of the molecule is CC(C)=CCC(C)(/C=C(\C)C=O)c1ccc(C)cc1C. The summed E-state index contributed by atoms with van der Waals surface area (Å²) in [7, 11) is 0. The molecule has 1 nitrogen and oxygen atoms in total. The minimum atomic E-state index is -0.139. The van der Waals surface area contributed by atoms with Crippen LogP contribution >= 0.6 is 0 Å². The third kappa shape index (κ3) is 4.19. The molecular formula is C19H26O. The minimum Gasteiger partial charge on any atom is -0.298 e. The second-order valence-electron chi connectivity index (χ2n) is 6.23. The largest absolute Gasteiger partial charge is 0.298 e. The van der Waals surface area contributed by atoms with E-state index in [1.807, 2.05) is 6.92 Å². The van der Waals surface area contributed by atoms with Crippen molar-refractivity contribution in [3.05, 3.63) is 58.2 Å². The Morgan fingerprint density at radius 1 is 1.20 bits per heavy atom. The maximum absolute atomic E-state index is 11.0. The first-order valence-electron chi connectivity index (χ1n) is 7.14. The molecule has 20 heavy (non-hydrogen) atoms. The molecule has 0 aromatic heterocycles. The number of rotatable bonds is 5. The summed E-state index contributed by atoms with van der Waals surface area (Å²) >= 11 is 0. The number of hydrogen-bond acceptors (Lipinski definition) is 1. The molecule has 1 atom stereocenters. The monoisotopic (exact) mass is 270 g/mol. The lowest BCUT2D eigenvalue weighted by atomic mass is 9.75. The second kappa shape index (κ2) is 6.69. The van der Waals surface area contributed by atoms with Gasteiger partial charge in [-0.1, -0.05) is 48.4 Å². The van der Waals surface area contributed by atoms with E-state index in [0.29, 0.717) is 0 Å². The molecule has 0 heterocycles. The van der Waals surface area contributed by atoms with Crippen molar-refractivity contribution >= 4 is 6.29 Å². The highest BCUT2D eigenvalue weighted by Crippen LogP contribution is 2.34. The van der Waals surface area contributed by atoms with Gasteiger partial charge in [0.1, 0.15) is 6.29 Å². The van der Waals surface area contributed by atoms with Crippen molar-refractivity contribution in [1.82, 2.24) is 0 Å². The van der Waals surface area contributed by atoms with Crippen LogP contribution in [-0.4, -0.2) is 6.29 Å². The van der Waals surface area contributed by atoms with Gasteiger partial charge in [-0.3, -0.25) is 4.79 Å². The fourth-order valence-corrected chi connectivity index (χ4v) is 2.65. The molecule has 1 aromatic carbocycles. The summed E-state index contributed by atoms with van der Waals surface area (Å²) in [5.74, 6) is 0. The summed E-state index contributed by atoms with van der Waals surface area (Å²) < 4.78 is 0. The molecule has 108 valence electrons. The van der Waals surface area contributed by atoms with Gasteiger partial charge in [0.05, 0.1) is 0 Å². The zero-order chi connectivity index (χ0) is 15.3. The summed E-state index contributed by atoms with van der Waals surface area (Å²) in [5, 5.41) is 0. The van der Waals surface area contributed by atoms with E-state index in [1.165, 1.54) is 22.3 Å². The molecule has 1 rings (SSSR count). The van der Waals surface area contributed by atoms with Crippen LogP contribution in [0.1, 0.15) is 50.8 Å². The molecule has 1 unspecified atom stereocenters. The molecule has 0 saturated carbocycles. The quantitative estimate of drug-likeness (QED) is 0.415. The Hall–Kier alpha value is -1.63. The number of aryl methyl sites for hydroxylation is 2. The lowest BCUT2D eigenvalue weighted by molar-refractivity contribution is -0.104. The van der Waals surface area contributed by atoms with Crippen molar-refractivity contribution in [1.29, 1.82) is 0 Å². The van der Waals surface area contributed by atoms with Crippen molar-refractivity contribution in [2.24, 2.45) is 0 Å². The lowest BCUT2D eigenvalue weighted by Gasteiger charge is -2.28. The lowest BCUT2D eigenvalue weighted by Crippen LogP contribution is -2.20. The van der Waals surface area contributed by atoms with Crippen LogP contribution in [0.15, 0.2) is 41.5 Å². The van der Waals surface area contributed by atoms with E-state index >= 15 is 0 Å². The topological polar surface area (TPSA) is 17.1 Å². The fraction of sp³-hybridized carbons (Fsp3) is 0.421. The molecule has 0 N–H and O–H groups in total. The standard InChI is InChI=1S/C19H26O/c1-14(2)9-10-19(6,12-16(4)13-20)18-8-7-15(3)11-17(18)5/h7-9,11-13H,10H2,1-6H3/b16-12+. The summed E-state index contributed by atoms with van der Waals surface area (Å²) in [4.78, 5) is 11.0. The van der Waals surface area contributed by atoms with Crippen LogP contribution in [-0.2, 0) is 10.2 Å². The van der Waals surface area contributed by atoms with Gasteiger partial charge in [0.2, 0.25) is 0 Å². The van der Waals surface area contributed by atoms with Gasteiger partial charge in [-0.25, -0.2) is 0 Å². The van der Waals surface area contributed by atoms with Crippen LogP contribution in [0.3, 0.4) is 0 Å². The Balaban J connectivity index is 3.36. The van der Waals surface area contributed by atoms with Crippen LogP contribution < -0.4 is 0 Å². The number of allylic oxidation sites excluding steroid dienone is 4. The highest BCUT2D eigenvalue weighted by atomic mass is 16.1. The maximum Gasteiger partial charge on any atom is 0.145 e. The van der Waals surface area contributed by atoms with E-state index in [2.05, 4.69) is 65.0 Å². The number of aldehydes is 1. The van der Waals surface area contributed by atoms with E-state index in [-0.39, 0.29) is 5.41 Å². The van der Waals surface area contributed by atoms with Gasteiger partial charge in [-0.15, -0.1) is 0 Å². The summed E-state index contributed by atoms with van der Waals surface area (Å²) in [5.41, 5.74) is 5.80. The smallest absolute Gasteiger partial charge is 0.145 e. The first-order chi connectivity index (χ1) is 9.28. The predicted molar refractivity (Wildman–Crippen MR) is 87.1 cm³/mol. The van der Waals surface area contributed by atoms with Gasteiger partial charge in [0.15, 0.2) is 0 Å². The van der Waals surface area contributed by atoms with Gasteiger partial charge in [-0.05, 0) is 57.7 Å². The molecule has 0 spiro atoms. The third-order valence-corrected chi connectivity index (χ3v) is 3.66. The molecule has 1 aromatic rings.